The Morgan fingerprint density at radius 2 is 2.32 bits per heavy atom. The number of hydrogen-bond acceptors (Lipinski definition) is 2. The van der Waals surface area contributed by atoms with Crippen LogP contribution < -0.4 is 5.32 Å². The summed E-state index contributed by atoms with van der Waals surface area (Å²) in [5, 5.41) is 8.08. The molecular formula is C16H21N3. The number of nitrogens with zero attached hydrogens (tertiary/aromatic N) is 2. The SMILES string of the molecule is Cc1cccc(CNC2CCCc3c2cnn3C)c1. The van der Waals surface area contributed by atoms with E-state index >= 15 is 0 Å². The molecule has 1 unspecified atom stereocenters. The number of rotatable bonds is 3. The minimum absolute atomic E-state index is 0.456. The summed E-state index contributed by atoms with van der Waals surface area (Å²) in [7, 11) is 2.04. The molecule has 1 aromatic heterocycles. The maximum Gasteiger partial charge on any atom is 0.0540 e. The summed E-state index contributed by atoms with van der Waals surface area (Å²) in [6.45, 7) is 3.07. The van der Waals surface area contributed by atoms with Crippen LogP contribution in [0.3, 0.4) is 0 Å². The van der Waals surface area contributed by atoms with Crippen molar-refractivity contribution in [2.45, 2.75) is 38.8 Å². The van der Waals surface area contributed by atoms with Crippen molar-refractivity contribution in [3.8, 4) is 0 Å². The van der Waals surface area contributed by atoms with E-state index in [4.69, 9.17) is 0 Å². The molecule has 19 heavy (non-hydrogen) atoms. The van der Waals surface area contributed by atoms with Crippen LogP contribution in [0.5, 0.6) is 0 Å². The lowest BCUT2D eigenvalue weighted by Gasteiger charge is -2.24. The summed E-state index contributed by atoms with van der Waals surface area (Å²) < 4.78 is 2.02. The topological polar surface area (TPSA) is 29.9 Å². The Bertz CT molecular complexity index is 571. The van der Waals surface area contributed by atoms with Crippen molar-refractivity contribution in [1.29, 1.82) is 0 Å². The number of aryl methyl sites for hydroxylation is 2. The summed E-state index contributed by atoms with van der Waals surface area (Å²) in [5.41, 5.74) is 5.47. The normalized spacial score (nSPS) is 18.3. The predicted molar refractivity (Wildman–Crippen MR) is 76.9 cm³/mol. The van der Waals surface area contributed by atoms with E-state index in [1.54, 1.807) is 0 Å². The van der Waals surface area contributed by atoms with Crippen LogP contribution >= 0.6 is 0 Å². The molecule has 1 aliphatic rings. The minimum atomic E-state index is 0.456. The van der Waals surface area contributed by atoms with Gasteiger partial charge in [0.15, 0.2) is 0 Å². The Kier molecular flexibility index (Phi) is 3.38. The average molecular weight is 255 g/mol. The fourth-order valence-electron chi connectivity index (χ4n) is 2.98. The zero-order valence-corrected chi connectivity index (χ0v) is 11.7. The van der Waals surface area contributed by atoms with Crippen LogP contribution in [-0.4, -0.2) is 9.78 Å². The van der Waals surface area contributed by atoms with Gasteiger partial charge in [-0.1, -0.05) is 29.8 Å². The van der Waals surface area contributed by atoms with Gasteiger partial charge in [-0.2, -0.15) is 5.10 Å². The highest BCUT2D eigenvalue weighted by molar-refractivity contribution is 5.26. The highest BCUT2D eigenvalue weighted by atomic mass is 15.3. The third kappa shape index (κ3) is 2.56. The Labute approximate surface area is 114 Å². The Morgan fingerprint density at radius 3 is 3.16 bits per heavy atom. The van der Waals surface area contributed by atoms with Crippen molar-refractivity contribution in [3.63, 3.8) is 0 Å². The third-order valence-corrected chi connectivity index (χ3v) is 4.01. The van der Waals surface area contributed by atoms with Gasteiger partial charge >= 0.3 is 0 Å². The van der Waals surface area contributed by atoms with Gasteiger partial charge in [0.25, 0.3) is 0 Å². The molecule has 100 valence electrons. The van der Waals surface area contributed by atoms with Gasteiger partial charge < -0.3 is 5.32 Å². The second-order valence-corrected chi connectivity index (χ2v) is 5.48. The molecule has 3 heteroatoms. The molecular weight excluding hydrogens is 234 g/mol. The number of benzene rings is 1. The van der Waals surface area contributed by atoms with E-state index in [9.17, 15) is 0 Å². The Morgan fingerprint density at radius 1 is 1.42 bits per heavy atom. The van der Waals surface area contributed by atoms with Crippen LogP contribution in [0, 0.1) is 6.92 Å². The standard InChI is InChI=1S/C16H21N3/c1-12-5-3-6-13(9-12)10-17-15-7-4-8-16-14(15)11-18-19(16)2/h3,5-6,9,11,15,17H,4,7-8,10H2,1-2H3. The van der Waals surface area contributed by atoms with Crippen molar-refractivity contribution in [2.24, 2.45) is 7.05 Å². The molecule has 1 heterocycles. The molecule has 0 bridgehead atoms. The van der Waals surface area contributed by atoms with Crippen LogP contribution in [0.2, 0.25) is 0 Å². The van der Waals surface area contributed by atoms with Gasteiger partial charge in [-0.15, -0.1) is 0 Å². The molecule has 0 radical (unpaired) electrons. The molecule has 0 fully saturated rings. The second kappa shape index (κ2) is 5.17. The van der Waals surface area contributed by atoms with Crippen LogP contribution in [0.1, 0.15) is 41.3 Å². The number of nitrogens with one attached hydrogen (secondary N) is 1. The second-order valence-electron chi connectivity index (χ2n) is 5.48. The van der Waals surface area contributed by atoms with Crippen molar-refractivity contribution in [2.75, 3.05) is 0 Å². The summed E-state index contributed by atoms with van der Waals surface area (Å²) >= 11 is 0. The molecule has 2 aromatic rings. The van der Waals surface area contributed by atoms with Gasteiger partial charge in [0.1, 0.15) is 0 Å². The van der Waals surface area contributed by atoms with Crippen LogP contribution in [-0.2, 0) is 20.0 Å². The van der Waals surface area contributed by atoms with E-state index in [0.717, 1.165) is 13.0 Å². The van der Waals surface area contributed by atoms with Crippen molar-refractivity contribution in [1.82, 2.24) is 15.1 Å². The first-order chi connectivity index (χ1) is 9.24. The molecule has 1 atom stereocenters. The van der Waals surface area contributed by atoms with Gasteiger partial charge in [-0.25, -0.2) is 0 Å². The average Bonchev–Trinajstić information content (AvgIpc) is 2.79. The first-order valence-electron chi connectivity index (χ1n) is 7.04. The van der Waals surface area contributed by atoms with Crippen molar-refractivity contribution >= 4 is 0 Å². The molecule has 0 amide bonds. The van der Waals surface area contributed by atoms with E-state index in [0.29, 0.717) is 6.04 Å². The predicted octanol–water partition coefficient (Wildman–Crippen LogP) is 2.90. The molecule has 3 nitrogen and oxygen atoms in total. The minimum Gasteiger partial charge on any atom is -0.306 e. The Balaban J connectivity index is 1.71. The molecule has 0 saturated heterocycles. The summed E-state index contributed by atoms with van der Waals surface area (Å²) in [5.74, 6) is 0. The van der Waals surface area contributed by atoms with E-state index < -0.39 is 0 Å². The summed E-state index contributed by atoms with van der Waals surface area (Å²) in [4.78, 5) is 0. The number of aromatic nitrogens is 2. The molecule has 1 N–H and O–H groups in total. The molecule has 0 spiro atoms. The first kappa shape index (κ1) is 12.4. The number of hydrogen-bond donors (Lipinski definition) is 1. The van der Waals surface area contributed by atoms with Gasteiger partial charge in [0.2, 0.25) is 0 Å². The van der Waals surface area contributed by atoms with E-state index in [-0.39, 0.29) is 0 Å². The number of fused-ring (bicyclic) bond motifs is 1. The lowest BCUT2D eigenvalue weighted by atomic mass is 9.93. The quantitative estimate of drug-likeness (QED) is 0.914. The van der Waals surface area contributed by atoms with Crippen LogP contribution in [0.25, 0.3) is 0 Å². The van der Waals surface area contributed by atoms with Crippen LogP contribution in [0.4, 0.5) is 0 Å². The maximum absolute atomic E-state index is 4.39. The smallest absolute Gasteiger partial charge is 0.0540 e. The highest BCUT2D eigenvalue weighted by Crippen LogP contribution is 2.29. The third-order valence-electron chi connectivity index (χ3n) is 4.01. The zero-order chi connectivity index (χ0) is 13.2. The lowest BCUT2D eigenvalue weighted by Crippen LogP contribution is -2.24. The molecule has 0 aliphatic heterocycles. The van der Waals surface area contributed by atoms with Crippen molar-refractivity contribution < 1.29 is 0 Å². The van der Waals surface area contributed by atoms with Gasteiger partial charge in [0.05, 0.1) is 6.20 Å². The Hall–Kier alpha value is -1.61. The fourth-order valence-corrected chi connectivity index (χ4v) is 2.98. The highest BCUT2D eigenvalue weighted by Gasteiger charge is 2.22. The maximum atomic E-state index is 4.39. The fraction of sp³-hybridized carbons (Fsp3) is 0.438. The van der Waals surface area contributed by atoms with Crippen molar-refractivity contribution in [3.05, 3.63) is 52.8 Å². The monoisotopic (exact) mass is 255 g/mol. The summed E-state index contributed by atoms with van der Waals surface area (Å²) in [6.07, 6.45) is 5.65. The van der Waals surface area contributed by atoms with Gasteiger partial charge in [0, 0.05) is 30.9 Å². The van der Waals surface area contributed by atoms with Gasteiger partial charge in [-0.3, -0.25) is 4.68 Å². The first-order valence-corrected chi connectivity index (χ1v) is 7.04. The van der Waals surface area contributed by atoms with E-state index in [2.05, 4.69) is 41.6 Å². The zero-order valence-electron chi connectivity index (χ0n) is 11.7. The van der Waals surface area contributed by atoms with E-state index in [1.807, 2.05) is 17.9 Å². The van der Waals surface area contributed by atoms with Crippen LogP contribution in [0.15, 0.2) is 30.5 Å². The van der Waals surface area contributed by atoms with E-state index in [1.165, 1.54) is 35.2 Å². The molecule has 0 saturated carbocycles. The van der Waals surface area contributed by atoms with Gasteiger partial charge in [-0.05, 0) is 31.7 Å². The largest absolute Gasteiger partial charge is 0.306 e. The molecule has 1 aliphatic carbocycles. The molecule has 3 rings (SSSR count). The molecule has 1 aromatic carbocycles. The lowest BCUT2D eigenvalue weighted by molar-refractivity contribution is 0.452. The summed E-state index contributed by atoms with van der Waals surface area (Å²) in [6, 6.07) is 9.16.